The predicted molar refractivity (Wildman–Crippen MR) is 140 cm³/mol. The highest BCUT2D eigenvalue weighted by Gasteiger charge is 2.36. The summed E-state index contributed by atoms with van der Waals surface area (Å²) in [6.07, 6.45) is 5.38. The number of benzene rings is 3. The number of hydrogen-bond acceptors (Lipinski definition) is 5. The van der Waals surface area contributed by atoms with Crippen LogP contribution in [0.5, 0.6) is 11.5 Å². The van der Waals surface area contributed by atoms with Crippen molar-refractivity contribution in [2.75, 3.05) is 26.6 Å². The Hall–Kier alpha value is -4.10. The summed E-state index contributed by atoms with van der Waals surface area (Å²) in [5, 5.41) is 7.52. The van der Waals surface area contributed by atoms with Gasteiger partial charge >= 0.3 is 0 Å². The fourth-order valence-corrected chi connectivity index (χ4v) is 5.20. The van der Waals surface area contributed by atoms with E-state index in [4.69, 9.17) is 14.2 Å². The van der Waals surface area contributed by atoms with Gasteiger partial charge in [-0.15, -0.1) is 0 Å². The zero-order chi connectivity index (χ0) is 25.1. The first-order valence-corrected chi connectivity index (χ1v) is 12.6. The summed E-state index contributed by atoms with van der Waals surface area (Å²) >= 11 is 0. The molecule has 2 aliphatic rings. The van der Waals surface area contributed by atoms with E-state index in [0.29, 0.717) is 31.9 Å². The van der Waals surface area contributed by atoms with E-state index < -0.39 is 0 Å². The van der Waals surface area contributed by atoms with Crippen LogP contribution in [-0.2, 0) is 16.7 Å². The van der Waals surface area contributed by atoms with Crippen LogP contribution in [0, 0.1) is 0 Å². The molecule has 1 N–H and O–H groups in total. The van der Waals surface area contributed by atoms with E-state index in [9.17, 15) is 4.79 Å². The van der Waals surface area contributed by atoms with Gasteiger partial charge in [-0.3, -0.25) is 9.48 Å². The Morgan fingerprint density at radius 2 is 1.76 bits per heavy atom. The Balaban J connectivity index is 1.21. The number of nitrogens with zero attached hydrogens (tertiary/aromatic N) is 2. The van der Waals surface area contributed by atoms with Crippen LogP contribution in [0.25, 0.3) is 11.1 Å². The van der Waals surface area contributed by atoms with Crippen molar-refractivity contribution in [3.8, 4) is 22.6 Å². The number of aromatic nitrogens is 2. The molecule has 0 saturated carbocycles. The Morgan fingerprint density at radius 1 is 0.946 bits per heavy atom. The highest BCUT2D eigenvalue weighted by atomic mass is 16.7. The third-order valence-electron chi connectivity index (χ3n) is 7.36. The largest absolute Gasteiger partial charge is 0.454 e. The molecule has 6 rings (SSSR count). The fraction of sp³-hybridized carbons (Fsp3) is 0.267. The van der Waals surface area contributed by atoms with Crippen molar-refractivity contribution in [1.29, 1.82) is 0 Å². The summed E-state index contributed by atoms with van der Waals surface area (Å²) in [6.45, 7) is 2.79. The SMILES string of the molecule is O=C(NCC1(c2ccc3c(c2)OCO3)CCOCC1)c1ccccc1-c1ccc(Cn2cccn2)cc1. The smallest absolute Gasteiger partial charge is 0.251 e. The van der Waals surface area contributed by atoms with E-state index in [1.54, 1.807) is 6.20 Å². The van der Waals surface area contributed by atoms with E-state index in [-0.39, 0.29) is 18.1 Å². The molecule has 3 heterocycles. The minimum atomic E-state index is -0.224. The summed E-state index contributed by atoms with van der Waals surface area (Å²) in [5.74, 6) is 1.44. The van der Waals surface area contributed by atoms with Crippen LogP contribution in [-0.4, -0.2) is 42.2 Å². The van der Waals surface area contributed by atoms with Gasteiger partial charge in [0, 0.05) is 43.1 Å². The molecule has 1 amide bonds. The average molecular weight is 496 g/mol. The average Bonchev–Trinajstić information content (AvgIpc) is 3.64. The third kappa shape index (κ3) is 4.82. The lowest BCUT2D eigenvalue weighted by Crippen LogP contribution is -2.44. The van der Waals surface area contributed by atoms with E-state index >= 15 is 0 Å². The lowest BCUT2D eigenvalue weighted by molar-refractivity contribution is 0.0486. The van der Waals surface area contributed by atoms with Crippen LogP contribution < -0.4 is 14.8 Å². The number of nitrogens with one attached hydrogen (secondary N) is 1. The molecule has 1 fully saturated rings. The fourth-order valence-electron chi connectivity index (χ4n) is 5.20. The first kappa shape index (κ1) is 23.3. The Bertz CT molecular complexity index is 1380. The van der Waals surface area contributed by atoms with Crippen molar-refractivity contribution >= 4 is 5.91 Å². The van der Waals surface area contributed by atoms with Crippen LogP contribution in [0.3, 0.4) is 0 Å². The lowest BCUT2D eigenvalue weighted by atomic mass is 9.74. The normalized spacial score (nSPS) is 15.9. The van der Waals surface area contributed by atoms with Crippen molar-refractivity contribution in [3.05, 3.63) is 102 Å². The zero-order valence-corrected chi connectivity index (χ0v) is 20.6. The molecule has 4 aromatic rings. The van der Waals surface area contributed by atoms with Crippen LogP contribution in [0.15, 0.2) is 85.2 Å². The number of carbonyl (C=O) groups excluding carboxylic acids is 1. The highest BCUT2D eigenvalue weighted by Crippen LogP contribution is 2.40. The molecule has 7 nitrogen and oxygen atoms in total. The van der Waals surface area contributed by atoms with Gasteiger partial charge in [0.2, 0.25) is 6.79 Å². The van der Waals surface area contributed by atoms with Gasteiger partial charge in [-0.25, -0.2) is 0 Å². The molecule has 1 saturated heterocycles. The Labute approximate surface area is 216 Å². The molecule has 1 aromatic heterocycles. The number of hydrogen-bond donors (Lipinski definition) is 1. The molecule has 0 radical (unpaired) electrons. The maximum Gasteiger partial charge on any atom is 0.251 e. The summed E-state index contributed by atoms with van der Waals surface area (Å²) in [7, 11) is 0. The molecule has 0 spiro atoms. The third-order valence-corrected chi connectivity index (χ3v) is 7.36. The lowest BCUT2D eigenvalue weighted by Gasteiger charge is -2.38. The van der Waals surface area contributed by atoms with Gasteiger partial charge < -0.3 is 19.5 Å². The summed E-state index contributed by atoms with van der Waals surface area (Å²) in [6, 6.07) is 24.1. The summed E-state index contributed by atoms with van der Waals surface area (Å²) in [5.41, 5.74) is 4.65. The van der Waals surface area contributed by atoms with Gasteiger partial charge in [0.1, 0.15) is 0 Å². The van der Waals surface area contributed by atoms with E-state index in [1.165, 1.54) is 0 Å². The monoisotopic (exact) mass is 495 g/mol. The zero-order valence-electron chi connectivity index (χ0n) is 20.6. The van der Waals surface area contributed by atoms with Crippen molar-refractivity contribution in [2.45, 2.75) is 24.8 Å². The molecule has 0 aliphatic carbocycles. The molecule has 0 atom stereocenters. The van der Waals surface area contributed by atoms with Gasteiger partial charge in [-0.2, -0.15) is 5.10 Å². The number of rotatable bonds is 7. The van der Waals surface area contributed by atoms with Crippen LogP contribution in [0.1, 0.15) is 34.3 Å². The van der Waals surface area contributed by atoms with Gasteiger partial charge in [-0.1, -0.05) is 48.5 Å². The number of carbonyl (C=O) groups is 1. The number of amides is 1. The Kier molecular flexibility index (Phi) is 6.37. The summed E-state index contributed by atoms with van der Waals surface area (Å²) in [4.78, 5) is 13.5. The topological polar surface area (TPSA) is 74.6 Å². The molecule has 2 aliphatic heterocycles. The molecular formula is C30H29N3O4. The quantitative estimate of drug-likeness (QED) is 0.399. The molecule has 188 valence electrons. The second-order valence-corrected chi connectivity index (χ2v) is 9.59. The van der Waals surface area contributed by atoms with Gasteiger partial charge in [0.15, 0.2) is 11.5 Å². The second kappa shape index (κ2) is 10.1. The standard InChI is InChI=1S/C30H29N3O4/c34-29(31-20-30(12-16-35-17-13-30)24-10-11-27-28(18-24)37-21-36-27)26-5-2-1-4-25(26)23-8-6-22(7-9-23)19-33-15-3-14-32-33/h1-11,14-15,18H,12-13,16-17,19-21H2,(H,31,34). The Morgan fingerprint density at radius 3 is 2.57 bits per heavy atom. The van der Waals surface area contributed by atoms with Crippen molar-refractivity contribution < 1.29 is 19.0 Å². The maximum absolute atomic E-state index is 13.5. The molecule has 7 heteroatoms. The van der Waals surface area contributed by atoms with Gasteiger partial charge in [-0.05, 0) is 59.4 Å². The minimum Gasteiger partial charge on any atom is -0.454 e. The first-order chi connectivity index (χ1) is 18.2. The molecule has 0 bridgehead atoms. The van der Waals surface area contributed by atoms with Gasteiger partial charge in [0.05, 0.1) is 6.54 Å². The van der Waals surface area contributed by atoms with E-state index in [2.05, 4.69) is 46.8 Å². The van der Waals surface area contributed by atoms with Crippen LogP contribution in [0.4, 0.5) is 0 Å². The molecular weight excluding hydrogens is 466 g/mol. The minimum absolute atomic E-state index is 0.0807. The van der Waals surface area contributed by atoms with Crippen LogP contribution in [0.2, 0.25) is 0 Å². The van der Waals surface area contributed by atoms with Crippen molar-refractivity contribution in [1.82, 2.24) is 15.1 Å². The number of fused-ring (bicyclic) bond motifs is 1. The van der Waals surface area contributed by atoms with Gasteiger partial charge in [0.25, 0.3) is 5.91 Å². The van der Waals surface area contributed by atoms with Crippen molar-refractivity contribution in [2.24, 2.45) is 0 Å². The summed E-state index contributed by atoms with van der Waals surface area (Å²) < 4.78 is 18.7. The molecule has 3 aromatic carbocycles. The predicted octanol–water partition coefficient (Wildman–Crippen LogP) is 4.81. The first-order valence-electron chi connectivity index (χ1n) is 12.6. The number of ether oxygens (including phenoxy) is 3. The molecule has 0 unspecified atom stereocenters. The second-order valence-electron chi connectivity index (χ2n) is 9.59. The maximum atomic E-state index is 13.5. The highest BCUT2D eigenvalue weighted by molar-refractivity contribution is 6.01. The van der Waals surface area contributed by atoms with E-state index in [0.717, 1.165) is 46.6 Å². The van der Waals surface area contributed by atoms with Crippen molar-refractivity contribution in [3.63, 3.8) is 0 Å². The molecule has 37 heavy (non-hydrogen) atoms. The van der Waals surface area contributed by atoms with E-state index in [1.807, 2.05) is 47.3 Å². The van der Waals surface area contributed by atoms with Crippen LogP contribution >= 0.6 is 0 Å².